The second kappa shape index (κ2) is 6.58. The van der Waals surface area contributed by atoms with E-state index in [0.717, 1.165) is 13.0 Å². The molecule has 1 rings (SSSR count). The third-order valence-electron chi connectivity index (χ3n) is 3.28. The van der Waals surface area contributed by atoms with Crippen molar-refractivity contribution in [1.82, 2.24) is 10.6 Å². The molecule has 18 heavy (non-hydrogen) atoms. The van der Waals surface area contributed by atoms with E-state index in [0.29, 0.717) is 12.5 Å². The van der Waals surface area contributed by atoms with Gasteiger partial charge < -0.3 is 20.5 Å². The maximum atomic E-state index is 11.6. The van der Waals surface area contributed by atoms with Crippen LogP contribution in [0.5, 0.6) is 0 Å². The van der Waals surface area contributed by atoms with Crippen molar-refractivity contribution in [1.29, 1.82) is 0 Å². The number of carbonyl (C=O) groups excluding carboxylic acids is 1. The second-order valence-electron chi connectivity index (χ2n) is 5.04. The van der Waals surface area contributed by atoms with Gasteiger partial charge in [-0.25, -0.2) is 9.59 Å². The van der Waals surface area contributed by atoms with E-state index < -0.39 is 18.0 Å². The van der Waals surface area contributed by atoms with E-state index in [1.807, 2.05) is 6.92 Å². The van der Waals surface area contributed by atoms with E-state index in [1.54, 1.807) is 13.8 Å². The zero-order valence-corrected chi connectivity index (χ0v) is 11.1. The molecular formula is C12H22N2O4. The summed E-state index contributed by atoms with van der Waals surface area (Å²) in [7, 11) is 0. The molecule has 1 aliphatic rings. The molecule has 1 heterocycles. The van der Waals surface area contributed by atoms with Gasteiger partial charge >= 0.3 is 12.0 Å². The summed E-state index contributed by atoms with van der Waals surface area (Å²) in [4.78, 5) is 22.5. The van der Waals surface area contributed by atoms with Gasteiger partial charge in [-0.05, 0) is 19.3 Å². The van der Waals surface area contributed by atoms with E-state index in [4.69, 9.17) is 9.84 Å². The van der Waals surface area contributed by atoms with Crippen molar-refractivity contribution >= 4 is 12.0 Å². The number of carbonyl (C=O) groups is 2. The van der Waals surface area contributed by atoms with Crippen LogP contribution < -0.4 is 10.6 Å². The van der Waals surface area contributed by atoms with Crippen molar-refractivity contribution in [2.45, 2.75) is 39.3 Å². The Kier molecular flexibility index (Phi) is 5.40. The summed E-state index contributed by atoms with van der Waals surface area (Å²) in [5, 5.41) is 14.1. The lowest BCUT2D eigenvalue weighted by molar-refractivity contribution is -0.140. The molecule has 0 aromatic carbocycles. The zero-order chi connectivity index (χ0) is 13.7. The third-order valence-corrected chi connectivity index (χ3v) is 3.28. The van der Waals surface area contributed by atoms with Gasteiger partial charge in [-0.2, -0.15) is 0 Å². The molecule has 104 valence electrons. The summed E-state index contributed by atoms with van der Waals surface area (Å²) in [6.45, 7) is 6.72. The molecule has 0 bridgehead atoms. The van der Waals surface area contributed by atoms with Crippen molar-refractivity contribution < 1.29 is 19.4 Å². The SMILES string of the molecule is CC(C)C(NC(=O)NCC1CCOC1C)C(=O)O. The summed E-state index contributed by atoms with van der Waals surface area (Å²) in [5.74, 6) is -0.863. The van der Waals surface area contributed by atoms with Crippen LogP contribution in [0.3, 0.4) is 0 Å². The second-order valence-corrected chi connectivity index (χ2v) is 5.04. The lowest BCUT2D eigenvalue weighted by Crippen LogP contribution is -2.49. The van der Waals surface area contributed by atoms with Crippen LogP contribution in [0.15, 0.2) is 0 Å². The Balaban J connectivity index is 2.34. The van der Waals surface area contributed by atoms with Crippen molar-refractivity contribution in [3.8, 4) is 0 Å². The number of urea groups is 1. The van der Waals surface area contributed by atoms with Crippen LogP contribution in [0.4, 0.5) is 4.79 Å². The zero-order valence-electron chi connectivity index (χ0n) is 11.1. The Hall–Kier alpha value is -1.30. The summed E-state index contributed by atoms with van der Waals surface area (Å²) in [6, 6.07) is -1.29. The van der Waals surface area contributed by atoms with Crippen LogP contribution in [0.2, 0.25) is 0 Å². The average Bonchev–Trinajstić information content (AvgIpc) is 2.68. The fourth-order valence-corrected chi connectivity index (χ4v) is 1.97. The van der Waals surface area contributed by atoms with Crippen molar-refractivity contribution in [2.75, 3.05) is 13.2 Å². The number of hydrogen-bond donors (Lipinski definition) is 3. The average molecular weight is 258 g/mol. The molecule has 6 nitrogen and oxygen atoms in total. The van der Waals surface area contributed by atoms with Gasteiger partial charge in [-0.1, -0.05) is 13.8 Å². The Morgan fingerprint density at radius 3 is 2.56 bits per heavy atom. The molecule has 1 fully saturated rings. The molecule has 0 saturated carbocycles. The van der Waals surface area contributed by atoms with Gasteiger partial charge in [0.05, 0.1) is 6.10 Å². The number of carboxylic acid groups (broad SMARTS) is 1. The molecule has 0 aromatic heterocycles. The van der Waals surface area contributed by atoms with Crippen LogP contribution >= 0.6 is 0 Å². The highest BCUT2D eigenvalue weighted by Gasteiger charge is 2.26. The van der Waals surface area contributed by atoms with E-state index in [1.165, 1.54) is 0 Å². The van der Waals surface area contributed by atoms with Crippen LogP contribution in [0.25, 0.3) is 0 Å². The fourth-order valence-electron chi connectivity index (χ4n) is 1.97. The molecule has 1 aliphatic heterocycles. The first-order valence-electron chi connectivity index (χ1n) is 6.30. The summed E-state index contributed by atoms with van der Waals surface area (Å²) >= 11 is 0. The minimum absolute atomic E-state index is 0.144. The number of carboxylic acids is 1. The number of nitrogens with one attached hydrogen (secondary N) is 2. The summed E-state index contributed by atoms with van der Waals surface area (Å²) in [6.07, 6.45) is 1.07. The molecule has 6 heteroatoms. The molecule has 0 aromatic rings. The molecule has 1 saturated heterocycles. The molecule has 3 atom stereocenters. The van der Waals surface area contributed by atoms with Crippen molar-refractivity contribution in [3.63, 3.8) is 0 Å². The highest BCUT2D eigenvalue weighted by Crippen LogP contribution is 2.19. The summed E-state index contributed by atoms with van der Waals surface area (Å²) < 4.78 is 5.39. The highest BCUT2D eigenvalue weighted by molar-refractivity contribution is 5.82. The molecule has 0 spiro atoms. The molecule has 2 amide bonds. The lowest BCUT2D eigenvalue weighted by atomic mass is 10.0. The van der Waals surface area contributed by atoms with Gasteiger partial charge in [0.2, 0.25) is 0 Å². The molecule has 3 unspecified atom stereocenters. The molecule has 3 N–H and O–H groups in total. The maximum absolute atomic E-state index is 11.6. The minimum atomic E-state index is -1.02. The monoisotopic (exact) mass is 258 g/mol. The standard InChI is InChI=1S/C12H22N2O4/c1-7(2)10(11(15)16)14-12(17)13-6-9-4-5-18-8(9)3/h7-10H,4-6H2,1-3H3,(H,15,16)(H2,13,14,17). The lowest BCUT2D eigenvalue weighted by Gasteiger charge is -2.20. The Morgan fingerprint density at radius 1 is 1.44 bits per heavy atom. The van der Waals surface area contributed by atoms with Gasteiger partial charge in [-0.3, -0.25) is 0 Å². The predicted molar refractivity (Wildman–Crippen MR) is 66.3 cm³/mol. The first kappa shape index (κ1) is 14.8. The number of ether oxygens (including phenoxy) is 1. The third kappa shape index (κ3) is 4.18. The van der Waals surface area contributed by atoms with Crippen molar-refractivity contribution in [2.24, 2.45) is 11.8 Å². The normalized spacial score (nSPS) is 24.9. The van der Waals surface area contributed by atoms with Crippen LogP contribution in [0, 0.1) is 11.8 Å². The van der Waals surface area contributed by atoms with Gasteiger partial charge in [0, 0.05) is 19.1 Å². The first-order valence-corrected chi connectivity index (χ1v) is 6.30. The number of rotatable bonds is 5. The molecular weight excluding hydrogens is 236 g/mol. The first-order chi connectivity index (χ1) is 8.41. The van der Waals surface area contributed by atoms with E-state index in [9.17, 15) is 9.59 Å². The van der Waals surface area contributed by atoms with Crippen molar-refractivity contribution in [3.05, 3.63) is 0 Å². The van der Waals surface area contributed by atoms with Gasteiger partial charge in [0.1, 0.15) is 6.04 Å². The molecule has 0 aliphatic carbocycles. The Morgan fingerprint density at radius 2 is 2.11 bits per heavy atom. The van der Waals surface area contributed by atoms with Gasteiger partial charge in [0.15, 0.2) is 0 Å². The Bertz CT molecular complexity index is 306. The quantitative estimate of drug-likeness (QED) is 0.681. The molecule has 0 radical (unpaired) electrons. The van der Waals surface area contributed by atoms with E-state index in [-0.39, 0.29) is 12.0 Å². The van der Waals surface area contributed by atoms with Crippen LogP contribution in [0.1, 0.15) is 27.2 Å². The smallest absolute Gasteiger partial charge is 0.326 e. The number of hydrogen-bond acceptors (Lipinski definition) is 3. The largest absolute Gasteiger partial charge is 0.480 e. The fraction of sp³-hybridized carbons (Fsp3) is 0.833. The van der Waals surface area contributed by atoms with E-state index >= 15 is 0 Å². The van der Waals surface area contributed by atoms with E-state index in [2.05, 4.69) is 10.6 Å². The van der Waals surface area contributed by atoms with Crippen LogP contribution in [-0.2, 0) is 9.53 Å². The topological polar surface area (TPSA) is 87.7 Å². The minimum Gasteiger partial charge on any atom is -0.480 e. The number of amides is 2. The Labute approximate surface area is 107 Å². The summed E-state index contributed by atoms with van der Waals surface area (Å²) in [5.41, 5.74) is 0. The highest BCUT2D eigenvalue weighted by atomic mass is 16.5. The number of aliphatic carboxylic acids is 1. The van der Waals surface area contributed by atoms with Gasteiger partial charge in [0.25, 0.3) is 0 Å². The maximum Gasteiger partial charge on any atom is 0.326 e. The van der Waals surface area contributed by atoms with Crippen LogP contribution in [-0.4, -0.2) is 42.4 Å². The van der Waals surface area contributed by atoms with Gasteiger partial charge in [-0.15, -0.1) is 0 Å². The predicted octanol–water partition coefficient (Wildman–Crippen LogP) is 0.820.